The van der Waals surface area contributed by atoms with Crippen molar-refractivity contribution in [2.75, 3.05) is 23.7 Å². The van der Waals surface area contributed by atoms with Crippen LogP contribution in [0.2, 0.25) is 0 Å². The molecule has 0 aliphatic rings. The Bertz CT molecular complexity index is 552. The number of rotatable bonds is 5. The van der Waals surface area contributed by atoms with Gasteiger partial charge in [0.25, 0.3) is 0 Å². The summed E-state index contributed by atoms with van der Waals surface area (Å²) in [6.45, 7) is 5.64. The largest absolute Gasteiger partial charge is 0.506 e. The summed E-state index contributed by atoms with van der Waals surface area (Å²) in [5.74, 6) is 0.293. The second kappa shape index (κ2) is 6.14. The monoisotopic (exact) mass is 256 g/mol. The third-order valence-electron chi connectivity index (χ3n) is 2.94. The highest BCUT2D eigenvalue weighted by Crippen LogP contribution is 2.23. The van der Waals surface area contributed by atoms with Crippen LogP contribution in [0, 0.1) is 13.8 Å². The highest BCUT2D eigenvalue weighted by molar-refractivity contribution is 5.57. The molecule has 0 saturated heterocycles. The molecule has 19 heavy (non-hydrogen) atoms. The lowest BCUT2D eigenvalue weighted by molar-refractivity contribution is 0.477. The Labute approximate surface area is 114 Å². The Balaban J connectivity index is 1.82. The number of aromatic hydroxyl groups is 1. The molecule has 0 spiro atoms. The lowest BCUT2D eigenvalue weighted by Crippen LogP contribution is -2.13. The Morgan fingerprint density at radius 3 is 2.42 bits per heavy atom. The number of phenolic OH excluding ortho intramolecular Hbond substituents is 1. The maximum absolute atomic E-state index is 9.70. The molecule has 3 N–H and O–H groups in total. The van der Waals surface area contributed by atoms with Gasteiger partial charge in [0.15, 0.2) is 0 Å². The third kappa shape index (κ3) is 3.91. The van der Waals surface area contributed by atoms with E-state index in [0.29, 0.717) is 5.75 Å². The van der Waals surface area contributed by atoms with Gasteiger partial charge in [0, 0.05) is 18.8 Å². The molecule has 100 valence electrons. The van der Waals surface area contributed by atoms with Crippen LogP contribution in [0.4, 0.5) is 11.4 Å². The van der Waals surface area contributed by atoms with Crippen molar-refractivity contribution in [1.82, 2.24) is 0 Å². The molecule has 0 saturated carbocycles. The van der Waals surface area contributed by atoms with E-state index in [2.05, 4.69) is 35.8 Å². The van der Waals surface area contributed by atoms with E-state index < -0.39 is 0 Å². The van der Waals surface area contributed by atoms with Crippen molar-refractivity contribution in [2.45, 2.75) is 13.8 Å². The molecule has 0 amide bonds. The minimum Gasteiger partial charge on any atom is -0.506 e. The average Bonchev–Trinajstić information content (AvgIpc) is 2.39. The smallest absolute Gasteiger partial charge is 0.138 e. The second-order valence-electron chi connectivity index (χ2n) is 4.74. The maximum Gasteiger partial charge on any atom is 0.138 e. The van der Waals surface area contributed by atoms with Crippen LogP contribution in [0.15, 0.2) is 42.5 Å². The van der Waals surface area contributed by atoms with Gasteiger partial charge in [-0.25, -0.2) is 0 Å². The van der Waals surface area contributed by atoms with Gasteiger partial charge < -0.3 is 15.7 Å². The summed E-state index contributed by atoms with van der Waals surface area (Å²) in [6, 6.07) is 13.8. The fourth-order valence-electron chi connectivity index (χ4n) is 1.95. The Hall–Kier alpha value is -2.16. The van der Waals surface area contributed by atoms with Gasteiger partial charge >= 0.3 is 0 Å². The van der Waals surface area contributed by atoms with E-state index in [1.807, 2.05) is 25.1 Å². The molecule has 0 heterocycles. The summed E-state index contributed by atoms with van der Waals surface area (Å²) in [4.78, 5) is 0. The summed E-state index contributed by atoms with van der Waals surface area (Å²) in [5, 5.41) is 16.3. The normalized spacial score (nSPS) is 10.2. The number of nitrogens with one attached hydrogen (secondary N) is 2. The van der Waals surface area contributed by atoms with Gasteiger partial charge in [-0.2, -0.15) is 0 Å². The zero-order valence-corrected chi connectivity index (χ0v) is 11.4. The van der Waals surface area contributed by atoms with Crippen molar-refractivity contribution < 1.29 is 5.11 Å². The minimum absolute atomic E-state index is 0.293. The number of hydrogen-bond acceptors (Lipinski definition) is 3. The minimum atomic E-state index is 0.293. The quantitative estimate of drug-likeness (QED) is 0.566. The summed E-state index contributed by atoms with van der Waals surface area (Å²) in [7, 11) is 0. The Morgan fingerprint density at radius 2 is 1.63 bits per heavy atom. The van der Waals surface area contributed by atoms with Crippen molar-refractivity contribution >= 4 is 11.4 Å². The van der Waals surface area contributed by atoms with Gasteiger partial charge in [-0.05, 0) is 49.2 Å². The van der Waals surface area contributed by atoms with Gasteiger partial charge in [-0.1, -0.05) is 18.2 Å². The Kier molecular flexibility index (Phi) is 4.29. The van der Waals surface area contributed by atoms with Gasteiger partial charge in [-0.3, -0.25) is 0 Å². The molecular weight excluding hydrogens is 236 g/mol. The first-order valence-electron chi connectivity index (χ1n) is 6.49. The first-order valence-corrected chi connectivity index (χ1v) is 6.49. The number of anilines is 2. The van der Waals surface area contributed by atoms with Crippen molar-refractivity contribution in [3.63, 3.8) is 0 Å². The van der Waals surface area contributed by atoms with Crippen LogP contribution in [0.3, 0.4) is 0 Å². The zero-order chi connectivity index (χ0) is 13.7. The second-order valence-corrected chi connectivity index (χ2v) is 4.74. The number of hydrogen-bond donors (Lipinski definition) is 3. The first kappa shape index (κ1) is 13.3. The van der Waals surface area contributed by atoms with Crippen LogP contribution in [-0.4, -0.2) is 18.2 Å². The molecule has 2 rings (SSSR count). The van der Waals surface area contributed by atoms with E-state index in [1.54, 1.807) is 6.07 Å². The maximum atomic E-state index is 9.70. The summed E-state index contributed by atoms with van der Waals surface area (Å²) in [6.07, 6.45) is 0. The SMILES string of the molecule is Cc1cccc(NCCNc2cc(C)ccc2O)c1. The van der Waals surface area contributed by atoms with Gasteiger partial charge in [0.05, 0.1) is 5.69 Å². The van der Waals surface area contributed by atoms with Crippen LogP contribution < -0.4 is 10.6 Å². The highest BCUT2D eigenvalue weighted by atomic mass is 16.3. The average molecular weight is 256 g/mol. The van der Waals surface area contributed by atoms with E-state index in [0.717, 1.165) is 30.0 Å². The predicted molar refractivity (Wildman–Crippen MR) is 81.0 cm³/mol. The molecule has 2 aromatic rings. The van der Waals surface area contributed by atoms with Crippen molar-refractivity contribution in [2.24, 2.45) is 0 Å². The van der Waals surface area contributed by atoms with E-state index in [-0.39, 0.29) is 0 Å². The molecule has 0 aliphatic carbocycles. The predicted octanol–water partition coefficient (Wildman–Crippen LogP) is 3.53. The number of aryl methyl sites for hydroxylation is 2. The molecule has 0 aromatic heterocycles. The van der Waals surface area contributed by atoms with Crippen LogP contribution in [-0.2, 0) is 0 Å². The molecule has 0 atom stereocenters. The molecule has 2 aromatic carbocycles. The fourth-order valence-corrected chi connectivity index (χ4v) is 1.95. The molecule has 0 unspecified atom stereocenters. The molecule has 0 fully saturated rings. The zero-order valence-electron chi connectivity index (χ0n) is 11.4. The molecule has 0 radical (unpaired) electrons. The van der Waals surface area contributed by atoms with E-state index in [1.165, 1.54) is 5.56 Å². The van der Waals surface area contributed by atoms with Crippen LogP contribution >= 0.6 is 0 Å². The van der Waals surface area contributed by atoms with Crippen LogP contribution in [0.1, 0.15) is 11.1 Å². The third-order valence-corrected chi connectivity index (χ3v) is 2.94. The van der Waals surface area contributed by atoms with Crippen molar-refractivity contribution in [3.05, 3.63) is 53.6 Å². The van der Waals surface area contributed by atoms with Crippen LogP contribution in [0.5, 0.6) is 5.75 Å². The molecule has 0 bridgehead atoms. The van der Waals surface area contributed by atoms with Crippen molar-refractivity contribution in [3.8, 4) is 5.75 Å². The molecule has 3 nitrogen and oxygen atoms in total. The summed E-state index contributed by atoms with van der Waals surface area (Å²) < 4.78 is 0. The van der Waals surface area contributed by atoms with Gasteiger partial charge in [0.1, 0.15) is 5.75 Å². The van der Waals surface area contributed by atoms with E-state index in [4.69, 9.17) is 0 Å². The topological polar surface area (TPSA) is 44.3 Å². The van der Waals surface area contributed by atoms with Crippen molar-refractivity contribution in [1.29, 1.82) is 0 Å². The Morgan fingerprint density at radius 1 is 0.895 bits per heavy atom. The lowest BCUT2D eigenvalue weighted by atomic mass is 10.2. The number of benzene rings is 2. The van der Waals surface area contributed by atoms with Gasteiger partial charge in [0.2, 0.25) is 0 Å². The van der Waals surface area contributed by atoms with Crippen LogP contribution in [0.25, 0.3) is 0 Å². The van der Waals surface area contributed by atoms with E-state index >= 15 is 0 Å². The molecular formula is C16H20N2O. The van der Waals surface area contributed by atoms with Gasteiger partial charge in [-0.15, -0.1) is 0 Å². The van der Waals surface area contributed by atoms with E-state index in [9.17, 15) is 5.11 Å². The first-order chi connectivity index (χ1) is 9.15. The highest BCUT2D eigenvalue weighted by Gasteiger charge is 1.99. The molecule has 3 heteroatoms. The molecule has 0 aliphatic heterocycles. The fraction of sp³-hybridized carbons (Fsp3) is 0.250. The standard InChI is InChI=1S/C16H20N2O/c1-12-4-3-5-14(10-12)17-8-9-18-15-11-13(2)6-7-16(15)19/h3-7,10-11,17-19H,8-9H2,1-2H3. The lowest BCUT2D eigenvalue weighted by Gasteiger charge is -2.11. The summed E-state index contributed by atoms with van der Waals surface area (Å²) >= 11 is 0. The summed E-state index contributed by atoms with van der Waals surface area (Å²) in [5.41, 5.74) is 4.28. The number of phenols is 1.